The van der Waals surface area contributed by atoms with Gasteiger partial charge in [-0.3, -0.25) is 9.58 Å². The third kappa shape index (κ3) is 6.27. The van der Waals surface area contributed by atoms with Gasteiger partial charge in [-0.25, -0.2) is 4.99 Å². The van der Waals surface area contributed by atoms with Crippen molar-refractivity contribution in [1.82, 2.24) is 25.3 Å². The van der Waals surface area contributed by atoms with Gasteiger partial charge in [0.15, 0.2) is 5.96 Å². The van der Waals surface area contributed by atoms with E-state index in [9.17, 15) is 0 Å². The summed E-state index contributed by atoms with van der Waals surface area (Å²) in [6, 6.07) is 2.60. The maximum atomic E-state index is 5.37. The molecular formula is C15H27IN6O. The molecule has 0 spiro atoms. The standard InChI is InChI=1S/C15H26N6O.HI/c1-20-14(4-5-18-20)12-17-15(19-13-2-3-13)16-6-7-21-8-10-22-11-9-21;/h4-5,13H,2-3,6-12H2,1H3,(H2,16,17,19);1H. The number of nitrogens with one attached hydrogen (secondary N) is 2. The van der Waals surface area contributed by atoms with Crippen LogP contribution in [0.3, 0.4) is 0 Å². The molecule has 0 amide bonds. The van der Waals surface area contributed by atoms with E-state index in [-0.39, 0.29) is 24.0 Å². The largest absolute Gasteiger partial charge is 0.379 e. The second-order valence-corrected chi connectivity index (χ2v) is 5.91. The first-order valence-electron chi connectivity index (χ1n) is 8.13. The van der Waals surface area contributed by atoms with Gasteiger partial charge in [-0.15, -0.1) is 24.0 Å². The van der Waals surface area contributed by atoms with Crippen molar-refractivity contribution in [3.63, 3.8) is 0 Å². The zero-order chi connectivity index (χ0) is 15.2. The number of rotatable bonds is 6. The molecule has 1 aromatic heterocycles. The second kappa shape index (κ2) is 9.43. The van der Waals surface area contributed by atoms with Crippen LogP contribution in [0.1, 0.15) is 18.5 Å². The lowest BCUT2D eigenvalue weighted by molar-refractivity contribution is 0.0389. The van der Waals surface area contributed by atoms with Crippen molar-refractivity contribution in [1.29, 1.82) is 0 Å². The summed E-state index contributed by atoms with van der Waals surface area (Å²) in [6.45, 7) is 6.34. The molecule has 8 heteroatoms. The first kappa shape index (κ1) is 18.5. The van der Waals surface area contributed by atoms with Crippen LogP contribution in [0.25, 0.3) is 0 Å². The molecule has 0 aromatic carbocycles. The summed E-state index contributed by atoms with van der Waals surface area (Å²) in [5, 5.41) is 11.1. The highest BCUT2D eigenvalue weighted by molar-refractivity contribution is 14.0. The van der Waals surface area contributed by atoms with Gasteiger partial charge in [-0.2, -0.15) is 5.10 Å². The fourth-order valence-corrected chi connectivity index (χ4v) is 2.45. The fourth-order valence-electron chi connectivity index (χ4n) is 2.45. The Morgan fingerprint density at radius 3 is 2.83 bits per heavy atom. The molecule has 0 unspecified atom stereocenters. The van der Waals surface area contributed by atoms with Crippen molar-refractivity contribution in [3.8, 4) is 0 Å². The Labute approximate surface area is 154 Å². The maximum Gasteiger partial charge on any atom is 0.191 e. The van der Waals surface area contributed by atoms with E-state index in [0.717, 1.165) is 51.0 Å². The number of hydrogen-bond acceptors (Lipinski definition) is 4. The van der Waals surface area contributed by atoms with Crippen LogP contribution in [0.5, 0.6) is 0 Å². The first-order valence-corrected chi connectivity index (χ1v) is 8.13. The van der Waals surface area contributed by atoms with Gasteiger partial charge in [0.05, 0.1) is 25.5 Å². The average molecular weight is 434 g/mol. The molecule has 2 N–H and O–H groups in total. The lowest BCUT2D eigenvalue weighted by atomic mass is 10.4. The Morgan fingerprint density at radius 2 is 2.17 bits per heavy atom. The first-order chi connectivity index (χ1) is 10.8. The lowest BCUT2D eigenvalue weighted by Gasteiger charge is -2.26. The predicted molar refractivity (Wildman–Crippen MR) is 101 cm³/mol. The minimum atomic E-state index is 0. The molecule has 0 atom stereocenters. The molecule has 0 bridgehead atoms. The van der Waals surface area contributed by atoms with Gasteiger partial charge in [0.1, 0.15) is 0 Å². The molecule has 1 aliphatic carbocycles. The molecule has 23 heavy (non-hydrogen) atoms. The van der Waals surface area contributed by atoms with E-state index in [1.165, 1.54) is 12.8 Å². The van der Waals surface area contributed by atoms with Gasteiger partial charge in [0.2, 0.25) is 0 Å². The predicted octanol–water partition coefficient (Wildman–Crippen LogP) is 0.568. The van der Waals surface area contributed by atoms with Crippen LogP contribution < -0.4 is 10.6 Å². The molecule has 2 heterocycles. The molecule has 1 aliphatic heterocycles. The summed E-state index contributed by atoms with van der Waals surface area (Å²) in [4.78, 5) is 7.10. The van der Waals surface area contributed by atoms with Crippen molar-refractivity contribution < 1.29 is 4.74 Å². The monoisotopic (exact) mass is 434 g/mol. The molecule has 0 radical (unpaired) electrons. The molecule has 1 aromatic rings. The zero-order valence-corrected chi connectivity index (χ0v) is 16.0. The Balaban J connectivity index is 0.00000192. The van der Waals surface area contributed by atoms with Crippen molar-refractivity contribution in [2.75, 3.05) is 39.4 Å². The number of ether oxygens (including phenoxy) is 1. The van der Waals surface area contributed by atoms with Gasteiger partial charge in [0, 0.05) is 45.5 Å². The third-order valence-electron chi connectivity index (χ3n) is 4.06. The lowest BCUT2D eigenvalue weighted by Crippen LogP contribution is -2.45. The topological polar surface area (TPSA) is 66.7 Å². The molecule has 1 saturated carbocycles. The van der Waals surface area contributed by atoms with Crippen molar-refractivity contribution in [2.45, 2.75) is 25.4 Å². The van der Waals surface area contributed by atoms with E-state index < -0.39 is 0 Å². The van der Waals surface area contributed by atoms with Crippen molar-refractivity contribution in [3.05, 3.63) is 18.0 Å². The maximum absolute atomic E-state index is 5.37. The number of nitrogens with zero attached hydrogens (tertiary/aromatic N) is 4. The summed E-state index contributed by atoms with van der Waals surface area (Å²) < 4.78 is 7.24. The Morgan fingerprint density at radius 1 is 1.39 bits per heavy atom. The summed E-state index contributed by atoms with van der Waals surface area (Å²) >= 11 is 0. The van der Waals surface area contributed by atoms with Crippen LogP contribution in [0.4, 0.5) is 0 Å². The van der Waals surface area contributed by atoms with E-state index >= 15 is 0 Å². The Kier molecular flexibility index (Phi) is 7.57. The van der Waals surface area contributed by atoms with Crippen LogP contribution in [0.15, 0.2) is 17.3 Å². The number of halogens is 1. The third-order valence-corrected chi connectivity index (χ3v) is 4.06. The van der Waals surface area contributed by atoms with E-state index in [1.807, 2.05) is 24.0 Å². The van der Waals surface area contributed by atoms with Crippen molar-refractivity contribution in [2.24, 2.45) is 12.0 Å². The van der Waals surface area contributed by atoms with Gasteiger partial charge < -0.3 is 15.4 Å². The quantitative estimate of drug-likeness (QED) is 0.390. The number of morpholine rings is 1. The molecule has 7 nitrogen and oxygen atoms in total. The van der Waals surface area contributed by atoms with Gasteiger partial charge in [-0.1, -0.05) is 0 Å². The molecular weight excluding hydrogens is 407 g/mol. The Bertz CT molecular complexity index is 496. The highest BCUT2D eigenvalue weighted by Crippen LogP contribution is 2.18. The van der Waals surface area contributed by atoms with E-state index in [1.54, 1.807) is 0 Å². The summed E-state index contributed by atoms with van der Waals surface area (Å²) in [5.74, 6) is 0.914. The van der Waals surface area contributed by atoms with E-state index in [2.05, 4.69) is 25.6 Å². The average Bonchev–Trinajstić information content (AvgIpc) is 3.26. The summed E-state index contributed by atoms with van der Waals surface area (Å²) in [6.07, 6.45) is 4.30. The minimum Gasteiger partial charge on any atom is -0.379 e. The molecule has 3 rings (SSSR count). The van der Waals surface area contributed by atoms with E-state index in [4.69, 9.17) is 4.74 Å². The molecule has 1 saturated heterocycles. The zero-order valence-electron chi connectivity index (χ0n) is 13.7. The summed E-state index contributed by atoms with van der Waals surface area (Å²) in [5.41, 5.74) is 1.12. The van der Waals surface area contributed by atoms with Crippen molar-refractivity contribution >= 4 is 29.9 Å². The van der Waals surface area contributed by atoms with Crippen LogP contribution >= 0.6 is 24.0 Å². The smallest absolute Gasteiger partial charge is 0.191 e. The van der Waals surface area contributed by atoms with Gasteiger partial charge >= 0.3 is 0 Å². The number of aliphatic imine (C=N–C) groups is 1. The normalized spacial score (nSPS) is 19.3. The number of guanidine groups is 1. The van der Waals surface area contributed by atoms with Crippen LogP contribution in [-0.4, -0.2) is 66.1 Å². The SMILES string of the molecule is Cn1nccc1CN=C(NCCN1CCOCC1)NC1CC1.I. The molecule has 2 aliphatic rings. The van der Waals surface area contributed by atoms with Crippen LogP contribution in [0.2, 0.25) is 0 Å². The highest BCUT2D eigenvalue weighted by atomic mass is 127. The molecule has 2 fully saturated rings. The highest BCUT2D eigenvalue weighted by Gasteiger charge is 2.22. The Hall–Kier alpha value is -0.870. The summed E-state index contributed by atoms with van der Waals surface area (Å²) in [7, 11) is 1.95. The molecule has 130 valence electrons. The second-order valence-electron chi connectivity index (χ2n) is 5.91. The van der Waals surface area contributed by atoms with Gasteiger partial charge in [0.25, 0.3) is 0 Å². The van der Waals surface area contributed by atoms with Crippen LogP contribution in [-0.2, 0) is 18.3 Å². The van der Waals surface area contributed by atoms with Crippen LogP contribution in [0, 0.1) is 0 Å². The number of hydrogen-bond donors (Lipinski definition) is 2. The van der Waals surface area contributed by atoms with Gasteiger partial charge in [-0.05, 0) is 18.9 Å². The fraction of sp³-hybridized carbons (Fsp3) is 0.733. The number of aromatic nitrogens is 2. The van der Waals surface area contributed by atoms with E-state index in [0.29, 0.717) is 12.6 Å². The minimum absolute atomic E-state index is 0. The number of aryl methyl sites for hydroxylation is 1.